The second kappa shape index (κ2) is 5.31. The fourth-order valence-corrected chi connectivity index (χ4v) is 2.84. The Morgan fingerprint density at radius 1 is 1.05 bits per heavy atom. The van der Waals surface area contributed by atoms with Crippen LogP contribution in [0.5, 0.6) is 0 Å². The summed E-state index contributed by atoms with van der Waals surface area (Å²) in [5.74, 6) is 0. The summed E-state index contributed by atoms with van der Waals surface area (Å²) in [4.78, 5) is 0. The van der Waals surface area contributed by atoms with Gasteiger partial charge in [-0.1, -0.05) is 48.0 Å². The molecule has 3 aromatic rings. The van der Waals surface area contributed by atoms with E-state index in [0.717, 1.165) is 16.6 Å². The number of para-hydroxylation sites is 2. The maximum absolute atomic E-state index is 6.25. The maximum atomic E-state index is 6.25. The van der Waals surface area contributed by atoms with E-state index >= 15 is 0 Å². The van der Waals surface area contributed by atoms with Crippen LogP contribution in [0.2, 0.25) is 10.0 Å². The Bertz CT molecular complexity index is 770. The molecule has 20 heavy (non-hydrogen) atoms. The summed E-state index contributed by atoms with van der Waals surface area (Å²) in [6, 6.07) is 13.7. The minimum atomic E-state index is 0.625. The van der Waals surface area contributed by atoms with Gasteiger partial charge in [-0.15, -0.1) is 0 Å². The third-order valence-electron chi connectivity index (χ3n) is 3.32. The molecule has 0 aliphatic carbocycles. The fraction of sp³-hybridized carbons (Fsp3) is 0.0625. The molecule has 0 saturated carbocycles. The van der Waals surface area contributed by atoms with E-state index in [4.69, 9.17) is 23.2 Å². The van der Waals surface area contributed by atoms with Gasteiger partial charge in [0.15, 0.2) is 11.0 Å². The molecule has 100 valence electrons. The zero-order valence-electron chi connectivity index (χ0n) is 10.8. The lowest BCUT2D eigenvalue weighted by Crippen LogP contribution is -2.33. The number of benzene rings is 2. The molecule has 0 aliphatic heterocycles. The van der Waals surface area contributed by atoms with Gasteiger partial charge in [0, 0.05) is 15.6 Å². The summed E-state index contributed by atoms with van der Waals surface area (Å²) >= 11 is 12.5. The first kappa shape index (κ1) is 13.2. The first-order valence-corrected chi connectivity index (χ1v) is 7.01. The third-order valence-corrected chi connectivity index (χ3v) is 4.03. The maximum Gasteiger partial charge on any atom is 0.249 e. The Hall–Kier alpha value is -1.77. The number of fused-ring (bicyclic) bond motifs is 1. The molecule has 0 spiro atoms. The molecule has 0 radical (unpaired) electrons. The quantitative estimate of drug-likeness (QED) is 0.635. The van der Waals surface area contributed by atoms with Crippen LogP contribution in [0.25, 0.3) is 17.2 Å². The number of imidazole rings is 1. The Kier molecular flexibility index (Phi) is 3.51. The Labute approximate surface area is 127 Å². The van der Waals surface area contributed by atoms with E-state index in [-0.39, 0.29) is 0 Å². The molecule has 2 nitrogen and oxygen atoms in total. The molecular weight excluding hydrogens is 291 g/mol. The van der Waals surface area contributed by atoms with Gasteiger partial charge in [-0.05, 0) is 24.3 Å². The number of halogens is 2. The van der Waals surface area contributed by atoms with Crippen LogP contribution in [0.15, 0.2) is 55.4 Å². The molecule has 0 amide bonds. The zero-order valence-corrected chi connectivity index (χ0v) is 12.3. The first-order valence-electron chi connectivity index (χ1n) is 6.25. The molecule has 0 saturated heterocycles. The van der Waals surface area contributed by atoms with Crippen LogP contribution in [0.1, 0.15) is 5.56 Å². The van der Waals surface area contributed by atoms with Crippen molar-refractivity contribution < 1.29 is 4.57 Å². The van der Waals surface area contributed by atoms with E-state index < -0.39 is 0 Å². The lowest BCUT2D eigenvalue weighted by molar-refractivity contribution is -0.662. The monoisotopic (exact) mass is 303 g/mol. The van der Waals surface area contributed by atoms with Gasteiger partial charge in [-0.3, -0.25) is 0 Å². The summed E-state index contributed by atoms with van der Waals surface area (Å²) in [7, 11) is 0. The van der Waals surface area contributed by atoms with Crippen LogP contribution in [0.3, 0.4) is 0 Å². The average molecular weight is 304 g/mol. The van der Waals surface area contributed by atoms with Crippen molar-refractivity contribution in [3.8, 4) is 0 Å². The summed E-state index contributed by atoms with van der Waals surface area (Å²) < 4.78 is 4.10. The van der Waals surface area contributed by atoms with Crippen LogP contribution in [-0.2, 0) is 6.54 Å². The summed E-state index contributed by atoms with van der Waals surface area (Å²) in [6.45, 7) is 4.46. The molecular formula is C16H13Cl2N2+. The van der Waals surface area contributed by atoms with E-state index in [1.54, 1.807) is 6.20 Å². The highest BCUT2D eigenvalue weighted by molar-refractivity contribution is 6.35. The van der Waals surface area contributed by atoms with Crippen molar-refractivity contribution in [2.24, 2.45) is 0 Å². The molecule has 0 N–H and O–H groups in total. The van der Waals surface area contributed by atoms with Crippen molar-refractivity contribution in [3.63, 3.8) is 0 Å². The van der Waals surface area contributed by atoms with Crippen LogP contribution in [0, 0.1) is 0 Å². The van der Waals surface area contributed by atoms with Gasteiger partial charge in [0.25, 0.3) is 0 Å². The predicted octanol–water partition coefficient (Wildman–Crippen LogP) is 4.38. The summed E-state index contributed by atoms with van der Waals surface area (Å²) in [5, 5.41) is 1.36. The Morgan fingerprint density at radius 2 is 1.75 bits per heavy atom. The molecule has 0 atom stereocenters. The van der Waals surface area contributed by atoms with Crippen LogP contribution in [-0.4, -0.2) is 4.57 Å². The summed E-state index contributed by atoms with van der Waals surface area (Å²) in [6.07, 6.45) is 3.78. The second-order valence-electron chi connectivity index (χ2n) is 4.52. The predicted molar refractivity (Wildman–Crippen MR) is 84.1 cm³/mol. The first-order chi connectivity index (χ1) is 9.70. The molecule has 1 aromatic heterocycles. The summed E-state index contributed by atoms with van der Waals surface area (Å²) in [5.41, 5.74) is 3.14. The number of aromatic nitrogens is 2. The highest BCUT2D eigenvalue weighted by Crippen LogP contribution is 2.24. The van der Waals surface area contributed by atoms with Gasteiger partial charge < -0.3 is 0 Å². The van der Waals surface area contributed by atoms with Crippen LogP contribution < -0.4 is 4.57 Å². The lowest BCUT2D eigenvalue weighted by atomic mass is 10.2. The van der Waals surface area contributed by atoms with Gasteiger partial charge in [0.05, 0.1) is 6.20 Å². The Morgan fingerprint density at radius 3 is 2.45 bits per heavy atom. The van der Waals surface area contributed by atoms with E-state index in [1.807, 2.05) is 41.2 Å². The molecule has 0 bridgehead atoms. The van der Waals surface area contributed by atoms with Gasteiger partial charge >= 0.3 is 0 Å². The minimum Gasteiger partial charge on any atom is -0.225 e. The second-order valence-corrected chi connectivity index (χ2v) is 5.34. The van der Waals surface area contributed by atoms with Crippen LogP contribution >= 0.6 is 23.2 Å². The van der Waals surface area contributed by atoms with Crippen molar-refractivity contribution in [3.05, 3.63) is 71.0 Å². The lowest BCUT2D eigenvalue weighted by Gasteiger charge is -2.04. The molecule has 0 unspecified atom stereocenters. The van der Waals surface area contributed by atoms with Gasteiger partial charge in [-0.2, -0.15) is 0 Å². The molecule has 3 rings (SSSR count). The molecule has 1 heterocycles. The standard InChI is InChI=1S/C16H13Cl2N2/c1-2-19-11-20(16-9-4-3-8-15(16)19)10-12-13(17)6-5-7-14(12)18/h2-9,11H,1,10H2/q+1. The topological polar surface area (TPSA) is 8.81 Å². The number of rotatable bonds is 3. The fourth-order valence-electron chi connectivity index (χ4n) is 2.33. The molecule has 4 heteroatoms. The van der Waals surface area contributed by atoms with E-state index in [2.05, 4.69) is 23.3 Å². The average Bonchev–Trinajstić information content (AvgIpc) is 2.81. The highest BCUT2D eigenvalue weighted by atomic mass is 35.5. The highest BCUT2D eigenvalue weighted by Gasteiger charge is 2.16. The van der Waals surface area contributed by atoms with Crippen LogP contribution in [0.4, 0.5) is 0 Å². The van der Waals surface area contributed by atoms with Crippen molar-refractivity contribution in [2.45, 2.75) is 6.54 Å². The van der Waals surface area contributed by atoms with Crippen molar-refractivity contribution in [1.29, 1.82) is 0 Å². The van der Waals surface area contributed by atoms with Gasteiger partial charge in [0.1, 0.15) is 6.54 Å². The smallest absolute Gasteiger partial charge is 0.225 e. The zero-order chi connectivity index (χ0) is 14.1. The van der Waals surface area contributed by atoms with E-state index in [0.29, 0.717) is 16.6 Å². The van der Waals surface area contributed by atoms with Crippen molar-refractivity contribution in [2.75, 3.05) is 0 Å². The molecule has 0 aliphatic rings. The van der Waals surface area contributed by atoms with Crippen molar-refractivity contribution in [1.82, 2.24) is 4.57 Å². The molecule has 0 fully saturated rings. The number of hydrogen-bond donors (Lipinski definition) is 0. The number of nitrogens with zero attached hydrogens (tertiary/aromatic N) is 2. The minimum absolute atomic E-state index is 0.625. The van der Waals surface area contributed by atoms with Gasteiger partial charge in [-0.25, -0.2) is 9.13 Å². The van der Waals surface area contributed by atoms with E-state index in [1.165, 1.54) is 0 Å². The van der Waals surface area contributed by atoms with Crippen molar-refractivity contribution >= 4 is 40.4 Å². The molecule has 2 aromatic carbocycles. The largest absolute Gasteiger partial charge is 0.249 e. The number of hydrogen-bond acceptors (Lipinski definition) is 0. The third kappa shape index (κ3) is 2.21. The van der Waals surface area contributed by atoms with E-state index in [9.17, 15) is 0 Å². The van der Waals surface area contributed by atoms with Gasteiger partial charge in [0.2, 0.25) is 6.33 Å². The SMILES string of the molecule is C=Cn1c[n+](Cc2c(Cl)cccc2Cl)c2ccccc21. The Balaban J connectivity index is 2.14. The normalized spacial score (nSPS) is 10.9.